The molecule has 0 saturated carbocycles. The molecule has 2 heterocycles. The third-order valence-electron chi connectivity index (χ3n) is 4.06. The van der Waals surface area contributed by atoms with Crippen LogP contribution in [-0.4, -0.2) is 24.8 Å². The molecule has 3 rings (SSSR count). The Morgan fingerprint density at radius 2 is 1.79 bits per heavy atom. The van der Waals surface area contributed by atoms with Crippen molar-refractivity contribution in [2.75, 3.05) is 0 Å². The lowest BCUT2D eigenvalue weighted by Gasteiger charge is -2.09. The predicted molar refractivity (Wildman–Crippen MR) is 99.9 cm³/mol. The van der Waals surface area contributed by atoms with Gasteiger partial charge in [-0.15, -0.1) is 11.3 Å². The van der Waals surface area contributed by atoms with Crippen LogP contribution >= 0.6 is 11.3 Å². The van der Waals surface area contributed by atoms with Crippen LogP contribution in [0.15, 0.2) is 41.3 Å². The summed E-state index contributed by atoms with van der Waals surface area (Å²) in [5, 5.41) is 3.56. The largest absolute Gasteiger partial charge is 0.501 e. The number of hydrogen-bond acceptors (Lipinski definition) is 5. The van der Waals surface area contributed by atoms with E-state index in [9.17, 15) is 26.4 Å². The zero-order chi connectivity index (χ0) is 20.7. The second-order valence-electron chi connectivity index (χ2n) is 6.19. The number of nitrogens with one attached hydrogen (secondary N) is 1. The van der Waals surface area contributed by atoms with Gasteiger partial charge in [-0.05, 0) is 49.2 Å². The Kier molecular flexibility index (Phi) is 5.20. The second-order valence-corrected chi connectivity index (χ2v) is 9.16. The fourth-order valence-electron chi connectivity index (χ4n) is 2.63. The number of hydrogen-bond donors (Lipinski definition) is 1. The number of sulfone groups is 1. The van der Waals surface area contributed by atoms with Crippen LogP contribution in [0, 0.1) is 13.8 Å². The Morgan fingerprint density at radius 3 is 2.39 bits per heavy atom. The van der Waals surface area contributed by atoms with Gasteiger partial charge in [0.25, 0.3) is 15.7 Å². The number of pyridine rings is 1. The maximum atomic E-state index is 12.6. The lowest BCUT2D eigenvalue weighted by molar-refractivity contribution is -0.0436. The van der Waals surface area contributed by atoms with Crippen LogP contribution in [0.25, 0.3) is 10.2 Å². The number of aromatic nitrogens is 1. The average molecular weight is 428 g/mol. The highest BCUT2D eigenvalue weighted by molar-refractivity contribution is 7.92. The highest BCUT2D eigenvalue weighted by atomic mass is 32.2. The zero-order valence-corrected chi connectivity index (χ0v) is 16.4. The molecule has 2 aromatic heterocycles. The van der Waals surface area contributed by atoms with Crippen molar-refractivity contribution in [3.05, 3.63) is 58.1 Å². The van der Waals surface area contributed by atoms with Crippen molar-refractivity contribution < 1.29 is 26.4 Å². The number of carbonyl (C=O) groups is 1. The van der Waals surface area contributed by atoms with Gasteiger partial charge in [0.15, 0.2) is 0 Å². The fraction of sp³-hybridized carbons (Fsp3) is 0.222. The van der Waals surface area contributed by atoms with Crippen molar-refractivity contribution in [1.82, 2.24) is 10.3 Å². The van der Waals surface area contributed by atoms with Crippen LogP contribution in [0.5, 0.6) is 0 Å². The van der Waals surface area contributed by atoms with Gasteiger partial charge >= 0.3 is 5.51 Å². The predicted octanol–water partition coefficient (Wildman–Crippen LogP) is 4.14. The summed E-state index contributed by atoms with van der Waals surface area (Å²) in [7, 11) is -5.38. The summed E-state index contributed by atoms with van der Waals surface area (Å²) in [6.07, 6.45) is 0. The van der Waals surface area contributed by atoms with E-state index in [0.29, 0.717) is 10.4 Å². The van der Waals surface area contributed by atoms with E-state index in [1.807, 2.05) is 19.9 Å². The number of carbonyl (C=O) groups excluding carboxylic acids is 1. The minimum absolute atomic E-state index is 0.0465. The molecule has 1 amide bonds. The maximum Gasteiger partial charge on any atom is 0.501 e. The number of thiophene rings is 1. The Hall–Kier alpha value is -2.46. The van der Waals surface area contributed by atoms with Crippen LogP contribution in [0.1, 0.15) is 26.5 Å². The highest BCUT2D eigenvalue weighted by Crippen LogP contribution is 2.30. The third kappa shape index (κ3) is 3.88. The molecule has 5 nitrogen and oxygen atoms in total. The first kappa shape index (κ1) is 20.3. The van der Waals surface area contributed by atoms with E-state index in [-0.39, 0.29) is 12.5 Å². The monoisotopic (exact) mass is 428 g/mol. The van der Waals surface area contributed by atoms with Crippen LogP contribution in [-0.2, 0) is 16.4 Å². The first-order valence-corrected chi connectivity index (χ1v) is 10.4. The van der Waals surface area contributed by atoms with Gasteiger partial charge in [-0.1, -0.05) is 12.1 Å². The Labute approximate surface area is 163 Å². The maximum absolute atomic E-state index is 12.6. The molecule has 0 aliphatic carbocycles. The van der Waals surface area contributed by atoms with E-state index in [2.05, 4.69) is 10.3 Å². The number of benzene rings is 1. The van der Waals surface area contributed by atoms with Crippen LogP contribution in [0.3, 0.4) is 0 Å². The second kappa shape index (κ2) is 7.17. The fourth-order valence-corrected chi connectivity index (χ4v) is 4.46. The molecule has 0 aliphatic heterocycles. The number of aryl methyl sites for hydroxylation is 2. The number of rotatable bonds is 4. The van der Waals surface area contributed by atoms with E-state index in [4.69, 9.17) is 0 Å². The molecule has 0 spiro atoms. The molecule has 0 unspecified atom stereocenters. The molecule has 0 fully saturated rings. The van der Waals surface area contributed by atoms with E-state index in [0.717, 1.165) is 33.6 Å². The van der Waals surface area contributed by atoms with E-state index >= 15 is 0 Å². The molecular weight excluding hydrogens is 413 g/mol. The van der Waals surface area contributed by atoms with Crippen LogP contribution in [0.2, 0.25) is 0 Å². The molecule has 148 valence electrons. The first-order valence-electron chi connectivity index (χ1n) is 8.05. The smallest absolute Gasteiger partial charge is 0.347 e. The minimum Gasteiger partial charge on any atom is -0.347 e. The Balaban J connectivity index is 1.72. The number of amides is 1. The lowest BCUT2D eigenvalue weighted by atomic mass is 10.2. The summed E-state index contributed by atoms with van der Waals surface area (Å²) in [5.41, 5.74) is -3.01. The minimum atomic E-state index is -5.38. The van der Waals surface area contributed by atoms with Crippen LogP contribution in [0.4, 0.5) is 13.2 Å². The summed E-state index contributed by atoms with van der Waals surface area (Å²) >= 11 is 1.25. The van der Waals surface area contributed by atoms with Crippen LogP contribution < -0.4 is 5.32 Å². The van der Waals surface area contributed by atoms with Crippen molar-refractivity contribution in [3.8, 4) is 0 Å². The number of alkyl halides is 3. The topological polar surface area (TPSA) is 76.1 Å². The van der Waals surface area contributed by atoms with Gasteiger partial charge in [-0.2, -0.15) is 13.2 Å². The van der Waals surface area contributed by atoms with Gasteiger partial charge in [-0.25, -0.2) is 13.4 Å². The molecule has 3 aromatic rings. The lowest BCUT2D eigenvalue weighted by Crippen LogP contribution is -2.23. The van der Waals surface area contributed by atoms with Crippen molar-refractivity contribution in [3.63, 3.8) is 0 Å². The summed E-state index contributed by atoms with van der Waals surface area (Å²) in [4.78, 5) is 17.2. The third-order valence-corrected chi connectivity index (χ3v) is 6.59. The van der Waals surface area contributed by atoms with Gasteiger partial charge in [0.05, 0.1) is 9.77 Å². The van der Waals surface area contributed by atoms with E-state index < -0.39 is 20.2 Å². The first-order chi connectivity index (χ1) is 13.0. The van der Waals surface area contributed by atoms with Gasteiger partial charge in [0.2, 0.25) is 0 Å². The normalized spacial score (nSPS) is 12.3. The van der Waals surface area contributed by atoms with Crippen molar-refractivity contribution in [2.24, 2.45) is 0 Å². The van der Waals surface area contributed by atoms with Gasteiger partial charge < -0.3 is 5.32 Å². The Morgan fingerprint density at radius 1 is 1.14 bits per heavy atom. The molecule has 0 radical (unpaired) electrons. The van der Waals surface area contributed by atoms with Gasteiger partial charge in [0.1, 0.15) is 4.83 Å². The highest BCUT2D eigenvalue weighted by Gasteiger charge is 2.46. The number of fused-ring (bicyclic) bond motifs is 1. The van der Waals surface area contributed by atoms with Crippen molar-refractivity contribution >= 4 is 37.3 Å². The molecule has 1 aromatic carbocycles. The summed E-state index contributed by atoms with van der Waals surface area (Å²) in [5.74, 6) is -0.341. The Bertz CT molecular complexity index is 1150. The molecule has 0 aliphatic rings. The summed E-state index contributed by atoms with van der Waals surface area (Å²) in [6, 6.07) is 7.89. The van der Waals surface area contributed by atoms with Gasteiger partial charge in [-0.3, -0.25) is 4.79 Å². The molecule has 0 saturated heterocycles. The van der Waals surface area contributed by atoms with E-state index in [1.165, 1.54) is 23.5 Å². The molecule has 0 atom stereocenters. The van der Waals surface area contributed by atoms with Crippen molar-refractivity contribution in [2.45, 2.75) is 30.8 Å². The molecular formula is C18H15F3N2O3S2. The number of halogens is 3. The quantitative estimate of drug-likeness (QED) is 0.678. The zero-order valence-electron chi connectivity index (χ0n) is 14.8. The summed E-state index contributed by atoms with van der Waals surface area (Å²) in [6.45, 7) is 3.85. The standard InChI is InChI=1S/C18H15F3N2O3S2/c1-10-7-11(2)23-17-14(10)8-15(27-17)16(24)22-9-12-3-5-13(6-4-12)28(25,26)18(19,20)21/h3-8H,9H2,1-2H3,(H,22,24). The molecule has 1 N–H and O–H groups in total. The summed E-state index contributed by atoms with van der Waals surface area (Å²) < 4.78 is 60.4. The van der Waals surface area contributed by atoms with Gasteiger partial charge in [0, 0.05) is 17.6 Å². The molecule has 10 heteroatoms. The number of nitrogens with zero attached hydrogens (tertiary/aromatic N) is 1. The SMILES string of the molecule is Cc1cc(C)c2cc(C(=O)NCc3ccc(S(=O)(=O)C(F)(F)F)cc3)sc2n1. The average Bonchev–Trinajstić information content (AvgIpc) is 3.03. The molecule has 28 heavy (non-hydrogen) atoms. The van der Waals surface area contributed by atoms with E-state index in [1.54, 1.807) is 6.07 Å². The molecule has 0 bridgehead atoms. The van der Waals surface area contributed by atoms with Crippen molar-refractivity contribution in [1.29, 1.82) is 0 Å².